The second kappa shape index (κ2) is 6.80. The Morgan fingerprint density at radius 2 is 2.20 bits per heavy atom. The number of hydrogen-bond donors (Lipinski definition) is 1. The smallest absolute Gasteiger partial charge is 0.251 e. The van der Waals surface area contributed by atoms with E-state index in [9.17, 15) is 4.79 Å². The number of nitrogens with one attached hydrogen (secondary N) is 1. The highest BCUT2D eigenvalue weighted by molar-refractivity contribution is 5.94. The zero-order valence-electron chi connectivity index (χ0n) is 11.8. The molecule has 4 heteroatoms. The Balaban J connectivity index is 1.96. The van der Waals surface area contributed by atoms with Crippen LogP contribution in [0, 0.1) is 0 Å². The highest BCUT2D eigenvalue weighted by Gasteiger charge is 2.11. The van der Waals surface area contributed by atoms with Gasteiger partial charge in [-0.1, -0.05) is 13.0 Å². The lowest BCUT2D eigenvalue weighted by Crippen LogP contribution is -2.34. The van der Waals surface area contributed by atoms with Gasteiger partial charge in [0.2, 0.25) is 0 Å². The van der Waals surface area contributed by atoms with E-state index in [1.165, 1.54) is 0 Å². The van der Waals surface area contributed by atoms with E-state index in [4.69, 9.17) is 0 Å². The lowest BCUT2D eigenvalue weighted by molar-refractivity contribution is 0.0940. The summed E-state index contributed by atoms with van der Waals surface area (Å²) in [6.07, 6.45) is 6.84. The predicted octanol–water partition coefficient (Wildman–Crippen LogP) is 2.40. The lowest BCUT2D eigenvalue weighted by atomic mass is 10.1. The maximum absolute atomic E-state index is 12.2. The van der Waals surface area contributed by atoms with Crippen molar-refractivity contribution in [2.24, 2.45) is 0 Å². The van der Waals surface area contributed by atoms with Gasteiger partial charge >= 0.3 is 0 Å². The molecular formula is C16H19N3O. The van der Waals surface area contributed by atoms with Crippen molar-refractivity contribution in [3.63, 3.8) is 0 Å². The summed E-state index contributed by atoms with van der Waals surface area (Å²) in [5.41, 5.74) is 2.71. The van der Waals surface area contributed by atoms with Gasteiger partial charge in [-0.25, -0.2) is 0 Å². The first kappa shape index (κ1) is 14.2. The van der Waals surface area contributed by atoms with Crippen LogP contribution in [-0.2, 0) is 12.8 Å². The second-order valence-corrected chi connectivity index (χ2v) is 4.83. The van der Waals surface area contributed by atoms with Gasteiger partial charge in [-0.05, 0) is 43.5 Å². The molecule has 0 aliphatic heterocycles. The highest BCUT2D eigenvalue weighted by Crippen LogP contribution is 2.05. The van der Waals surface area contributed by atoms with Crippen molar-refractivity contribution < 1.29 is 4.79 Å². The van der Waals surface area contributed by atoms with Gasteiger partial charge in [0.15, 0.2) is 0 Å². The van der Waals surface area contributed by atoms with E-state index in [1.807, 2.05) is 38.2 Å². The van der Waals surface area contributed by atoms with Gasteiger partial charge < -0.3 is 5.32 Å². The third-order valence-electron chi connectivity index (χ3n) is 3.08. The van der Waals surface area contributed by atoms with Crippen LogP contribution in [0.1, 0.15) is 35.5 Å². The molecule has 0 aliphatic rings. The zero-order chi connectivity index (χ0) is 14.4. The summed E-state index contributed by atoms with van der Waals surface area (Å²) in [7, 11) is 0. The van der Waals surface area contributed by atoms with Gasteiger partial charge in [-0.3, -0.25) is 14.8 Å². The van der Waals surface area contributed by atoms with Crippen molar-refractivity contribution in [3.05, 3.63) is 59.7 Å². The number of aryl methyl sites for hydroxylation is 1. The molecule has 1 N–H and O–H groups in total. The highest BCUT2D eigenvalue weighted by atomic mass is 16.1. The molecule has 0 radical (unpaired) electrons. The van der Waals surface area contributed by atoms with Crippen molar-refractivity contribution in [1.29, 1.82) is 0 Å². The van der Waals surface area contributed by atoms with E-state index in [0.29, 0.717) is 5.56 Å². The molecule has 2 heterocycles. The first-order valence-corrected chi connectivity index (χ1v) is 6.83. The van der Waals surface area contributed by atoms with Crippen LogP contribution in [-0.4, -0.2) is 21.9 Å². The first-order valence-electron chi connectivity index (χ1n) is 6.83. The number of aromatic nitrogens is 2. The minimum Gasteiger partial charge on any atom is -0.349 e. The first-order chi connectivity index (χ1) is 9.69. The van der Waals surface area contributed by atoms with Crippen molar-refractivity contribution in [2.45, 2.75) is 32.7 Å². The van der Waals surface area contributed by atoms with Gasteiger partial charge in [-0.2, -0.15) is 0 Å². The maximum atomic E-state index is 12.2. The fraction of sp³-hybridized carbons (Fsp3) is 0.312. The van der Waals surface area contributed by atoms with Crippen LogP contribution in [0.5, 0.6) is 0 Å². The van der Waals surface area contributed by atoms with Gasteiger partial charge in [0.25, 0.3) is 5.91 Å². The molecule has 1 amide bonds. The Hall–Kier alpha value is -2.23. The van der Waals surface area contributed by atoms with Crippen LogP contribution in [0.15, 0.2) is 42.9 Å². The summed E-state index contributed by atoms with van der Waals surface area (Å²) in [5, 5.41) is 3.00. The van der Waals surface area contributed by atoms with E-state index < -0.39 is 0 Å². The van der Waals surface area contributed by atoms with Crippen LogP contribution < -0.4 is 5.32 Å². The average Bonchev–Trinajstić information content (AvgIpc) is 2.48. The molecule has 4 nitrogen and oxygen atoms in total. The number of nitrogens with zero attached hydrogens (tertiary/aromatic N) is 2. The lowest BCUT2D eigenvalue weighted by Gasteiger charge is -2.14. The van der Waals surface area contributed by atoms with Crippen molar-refractivity contribution in [3.8, 4) is 0 Å². The Bertz CT molecular complexity index is 569. The average molecular weight is 269 g/mol. The van der Waals surface area contributed by atoms with Crippen molar-refractivity contribution in [1.82, 2.24) is 15.3 Å². The molecule has 0 aliphatic carbocycles. The van der Waals surface area contributed by atoms with Gasteiger partial charge in [-0.15, -0.1) is 0 Å². The van der Waals surface area contributed by atoms with Gasteiger partial charge in [0.05, 0.1) is 0 Å². The van der Waals surface area contributed by atoms with Crippen molar-refractivity contribution >= 4 is 5.91 Å². The Kier molecular flexibility index (Phi) is 4.82. The van der Waals surface area contributed by atoms with Crippen LogP contribution in [0.25, 0.3) is 0 Å². The molecule has 2 aromatic heterocycles. The molecule has 0 spiro atoms. The van der Waals surface area contributed by atoms with Crippen molar-refractivity contribution in [2.75, 3.05) is 0 Å². The molecule has 2 aromatic rings. The SMILES string of the molecule is CCc1cc(C(=O)N[C@@H](C)Cc2cccnc2)ccn1. The second-order valence-electron chi connectivity index (χ2n) is 4.83. The predicted molar refractivity (Wildman–Crippen MR) is 78.5 cm³/mol. The number of pyridine rings is 2. The number of carbonyl (C=O) groups is 1. The molecular weight excluding hydrogens is 250 g/mol. The number of amides is 1. The largest absolute Gasteiger partial charge is 0.349 e. The molecule has 0 fully saturated rings. The van der Waals surface area contributed by atoms with E-state index in [0.717, 1.165) is 24.1 Å². The third kappa shape index (κ3) is 3.88. The summed E-state index contributed by atoms with van der Waals surface area (Å²) in [6, 6.07) is 7.56. The van der Waals surface area contributed by atoms with Crippen LogP contribution in [0.2, 0.25) is 0 Å². The molecule has 2 rings (SSSR count). The third-order valence-corrected chi connectivity index (χ3v) is 3.08. The summed E-state index contributed by atoms with van der Waals surface area (Å²) >= 11 is 0. The van der Waals surface area contributed by atoms with Crippen LogP contribution >= 0.6 is 0 Å². The quantitative estimate of drug-likeness (QED) is 0.906. The molecule has 0 bridgehead atoms. The molecule has 20 heavy (non-hydrogen) atoms. The van der Waals surface area contributed by atoms with Crippen LogP contribution in [0.3, 0.4) is 0 Å². The fourth-order valence-corrected chi connectivity index (χ4v) is 2.04. The van der Waals surface area contributed by atoms with E-state index in [-0.39, 0.29) is 11.9 Å². The topological polar surface area (TPSA) is 54.9 Å². The minimum atomic E-state index is -0.0570. The van der Waals surface area contributed by atoms with Crippen LogP contribution in [0.4, 0.5) is 0 Å². The van der Waals surface area contributed by atoms with E-state index in [2.05, 4.69) is 15.3 Å². The molecule has 0 unspecified atom stereocenters. The summed E-state index contributed by atoms with van der Waals surface area (Å²) in [6.45, 7) is 4.02. The minimum absolute atomic E-state index is 0.0570. The Labute approximate surface area is 119 Å². The molecule has 0 saturated carbocycles. The van der Waals surface area contributed by atoms with Gasteiger partial charge in [0, 0.05) is 35.9 Å². The maximum Gasteiger partial charge on any atom is 0.251 e. The summed E-state index contributed by atoms with van der Waals surface area (Å²) in [4.78, 5) is 20.4. The number of hydrogen-bond acceptors (Lipinski definition) is 3. The summed E-state index contributed by atoms with van der Waals surface area (Å²) < 4.78 is 0. The number of rotatable bonds is 5. The Morgan fingerprint density at radius 3 is 2.90 bits per heavy atom. The molecule has 0 saturated heterocycles. The Morgan fingerprint density at radius 1 is 1.35 bits per heavy atom. The van der Waals surface area contributed by atoms with E-state index in [1.54, 1.807) is 18.5 Å². The molecule has 104 valence electrons. The number of carbonyl (C=O) groups excluding carboxylic acids is 1. The standard InChI is InChI=1S/C16H19N3O/c1-3-15-10-14(6-8-18-15)16(20)19-12(2)9-13-5-4-7-17-11-13/h4-8,10-12H,3,9H2,1-2H3,(H,19,20)/t12-/m0/s1. The molecule has 0 aromatic carbocycles. The summed E-state index contributed by atoms with van der Waals surface area (Å²) in [5.74, 6) is -0.0570. The van der Waals surface area contributed by atoms with E-state index >= 15 is 0 Å². The zero-order valence-corrected chi connectivity index (χ0v) is 11.8. The molecule has 1 atom stereocenters. The monoisotopic (exact) mass is 269 g/mol. The van der Waals surface area contributed by atoms with Gasteiger partial charge in [0.1, 0.15) is 0 Å². The fourth-order valence-electron chi connectivity index (χ4n) is 2.04. The normalized spacial score (nSPS) is 11.9.